The van der Waals surface area contributed by atoms with Crippen LogP contribution in [0.5, 0.6) is 5.75 Å². The van der Waals surface area contributed by atoms with Crippen LogP contribution in [-0.2, 0) is 0 Å². The van der Waals surface area contributed by atoms with E-state index < -0.39 is 5.91 Å². The van der Waals surface area contributed by atoms with Gasteiger partial charge in [0.25, 0.3) is 11.5 Å². The fourth-order valence-electron chi connectivity index (χ4n) is 2.30. The summed E-state index contributed by atoms with van der Waals surface area (Å²) in [5, 5.41) is 16.0. The van der Waals surface area contributed by atoms with Crippen molar-refractivity contribution >= 4 is 12.1 Å². The van der Waals surface area contributed by atoms with Crippen LogP contribution in [0.15, 0.2) is 64.5 Å². The molecule has 0 atom stereocenters. The third kappa shape index (κ3) is 3.50. The van der Waals surface area contributed by atoms with E-state index in [1.54, 1.807) is 6.92 Å². The van der Waals surface area contributed by atoms with Gasteiger partial charge in [0.05, 0.1) is 17.5 Å². The number of nitrogens with one attached hydrogen (secondary N) is 2. The van der Waals surface area contributed by atoms with Crippen molar-refractivity contribution in [3.05, 3.63) is 81.8 Å². The Morgan fingerprint density at radius 2 is 1.84 bits per heavy atom. The first-order chi connectivity index (χ1) is 12.1. The van der Waals surface area contributed by atoms with Crippen molar-refractivity contribution < 1.29 is 9.90 Å². The summed E-state index contributed by atoms with van der Waals surface area (Å²) in [7, 11) is 0. The van der Waals surface area contributed by atoms with Crippen LogP contribution in [0.4, 0.5) is 0 Å². The molecule has 3 N–H and O–H groups in total. The molecule has 0 fully saturated rings. The lowest BCUT2D eigenvalue weighted by Crippen LogP contribution is -2.20. The highest BCUT2D eigenvalue weighted by Gasteiger charge is 2.10. The van der Waals surface area contributed by atoms with Crippen molar-refractivity contribution in [2.45, 2.75) is 6.92 Å². The highest BCUT2D eigenvalue weighted by atomic mass is 16.3. The normalized spacial score (nSPS) is 10.9. The predicted molar refractivity (Wildman–Crippen MR) is 94.3 cm³/mol. The van der Waals surface area contributed by atoms with Gasteiger partial charge in [0.2, 0.25) is 0 Å². The fourth-order valence-corrected chi connectivity index (χ4v) is 2.30. The first-order valence-corrected chi connectivity index (χ1v) is 7.56. The highest BCUT2D eigenvalue weighted by Crippen LogP contribution is 2.09. The summed E-state index contributed by atoms with van der Waals surface area (Å²) in [6, 6.07) is 14.9. The maximum atomic E-state index is 12.5. The second-order valence-corrected chi connectivity index (χ2v) is 5.37. The molecular formula is C18H16N4O3. The SMILES string of the molecule is Cc1[nH]n(-c2ccccc2)c(=O)c1/C=N/NC(=O)c1ccc(O)cc1. The van der Waals surface area contributed by atoms with E-state index in [4.69, 9.17) is 0 Å². The van der Waals surface area contributed by atoms with Gasteiger partial charge >= 0.3 is 0 Å². The molecule has 0 radical (unpaired) electrons. The summed E-state index contributed by atoms with van der Waals surface area (Å²) < 4.78 is 1.42. The summed E-state index contributed by atoms with van der Waals surface area (Å²) in [6.07, 6.45) is 1.31. The monoisotopic (exact) mass is 336 g/mol. The molecule has 0 aliphatic rings. The Balaban J connectivity index is 1.78. The van der Waals surface area contributed by atoms with Crippen LogP contribution in [0, 0.1) is 6.92 Å². The van der Waals surface area contributed by atoms with Gasteiger partial charge in [0, 0.05) is 11.3 Å². The number of carbonyl (C=O) groups excluding carboxylic acids is 1. The quantitative estimate of drug-likeness (QED) is 0.501. The fraction of sp³-hybridized carbons (Fsp3) is 0.0556. The Morgan fingerprint density at radius 1 is 1.16 bits per heavy atom. The number of rotatable bonds is 4. The zero-order chi connectivity index (χ0) is 17.8. The molecule has 0 bridgehead atoms. The molecule has 0 saturated carbocycles. The number of nitrogens with zero attached hydrogens (tertiary/aromatic N) is 2. The first-order valence-electron chi connectivity index (χ1n) is 7.56. The Bertz CT molecular complexity index is 970. The number of hydrazone groups is 1. The van der Waals surface area contributed by atoms with E-state index in [1.807, 2.05) is 30.3 Å². The lowest BCUT2D eigenvalue weighted by atomic mass is 10.2. The van der Waals surface area contributed by atoms with Gasteiger partial charge in [0.1, 0.15) is 5.75 Å². The summed E-state index contributed by atoms with van der Waals surface area (Å²) in [4.78, 5) is 24.4. The van der Waals surface area contributed by atoms with Crippen molar-refractivity contribution in [3.8, 4) is 11.4 Å². The zero-order valence-corrected chi connectivity index (χ0v) is 13.4. The Kier molecular flexibility index (Phi) is 4.47. The minimum absolute atomic E-state index is 0.0736. The molecule has 0 spiro atoms. The van der Waals surface area contributed by atoms with Crippen molar-refractivity contribution in [1.82, 2.24) is 15.2 Å². The van der Waals surface area contributed by atoms with Crippen LogP contribution in [0.2, 0.25) is 0 Å². The molecule has 0 saturated heterocycles. The average Bonchev–Trinajstić information content (AvgIpc) is 2.91. The van der Waals surface area contributed by atoms with Gasteiger partial charge in [-0.25, -0.2) is 10.1 Å². The van der Waals surface area contributed by atoms with Gasteiger partial charge in [-0.1, -0.05) is 18.2 Å². The average molecular weight is 336 g/mol. The number of hydrogen-bond acceptors (Lipinski definition) is 4. The van der Waals surface area contributed by atoms with E-state index in [0.29, 0.717) is 22.5 Å². The third-order valence-corrected chi connectivity index (χ3v) is 3.62. The van der Waals surface area contributed by atoms with Gasteiger partial charge in [-0.3, -0.25) is 14.7 Å². The summed E-state index contributed by atoms with van der Waals surface area (Å²) in [6.45, 7) is 1.75. The van der Waals surface area contributed by atoms with Crippen molar-refractivity contribution in [1.29, 1.82) is 0 Å². The summed E-state index contributed by atoms with van der Waals surface area (Å²) in [5.74, 6) is -0.364. The molecule has 0 unspecified atom stereocenters. The molecule has 2 aromatic carbocycles. The number of aromatic amines is 1. The molecule has 3 aromatic rings. The van der Waals surface area contributed by atoms with E-state index in [1.165, 1.54) is 35.2 Å². The minimum atomic E-state index is -0.437. The van der Waals surface area contributed by atoms with Crippen LogP contribution in [0.3, 0.4) is 0 Å². The minimum Gasteiger partial charge on any atom is -0.508 e. The lowest BCUT2D eigenvalue weighted by Gasteiger charge is -1.99. The van der Waals surface area contributed by atoms with Gasteiger partial charge in [-0.05, 0) is 43.3 Å². The second kappa shape index (κ2) is 6.88. The number of para-hydroxylation sites is 1. The van der Waals surface area contributed by atoms with Crippen LogP contribution in [0.25, 0.3) is 5.69 Å². The van der Waals surface area contributed by atoms with Gasteiger partial charge in [-0.2, -0.15) is 5.10 Å². The maximum absolute atomic E-state index is 12.5. The lowest BCUT2D eigenvalue weighted by molar-refractivity contribution is 0.0955. The number of amides is 1. The number of aromatic nitrogens is 2. The van der Waals surface area contributed by atoms with E-state index >= 15 is 0 Å². The van der Waals surface area contributed by atoms with Crippen LogP contribution >= 0.6 is 0 Å². The number of phenolic OH excluding ortho intramolecular Hbond substituents is 1. The molecule has 126 valence electrons. The molecule has 0 aliphatic carbocycles. The molecule has 0 aliphatic heterocycles. The van der Waals surface area contributed by atoms with Crippen LogP contribution in [-0.4, -0.2) is 27.0 Å². The summed E-state index contributed by atoms with van der Waals surface area (Å²) in [5.41, 5.74) is 4.15. The molecule has 7 nitrogen and oxygen atoms in total. The summed E-state index contributed by atoms with van der Waals surface area (Å²) >= 11 is 0. The van der Waals surface area contributed by atoms with E-state index in [-0.39, 0.29) is 11.3 Å². The molecule has 1 amide bonds. The van der Waals surface area contributed by atoms with Crippen LogP contribution in [0.1, 0.15) is 21.6 Å². The molecule has 1 aromatic heterocycles. The number of benzene rings is 2. The largest absolute Gasteiger partial charge is 0.508 e. The number of hydrogen-bond donors (Lipinski definition) is 3. The van der Waals surface area contributed by atoms with Crippen molar-refractivity contribution in [2.75, 3.05) is 0 Å². The Morgan fingerprint density at radius 3 is 2.52 bits per heavy atom. The number of aromatic hydroxyl groups is 1. The standard InChI is InChI=1S/C18H16N4O3/c1-12-16(18(25)22(21-12)14-5-3-2-4-6-14)11-19-20-17(24)13-7-9-15(23)10-8-13/h2-11,21,23H,1H3,(H,20,24)/b19-11+. The predicted octanol–water partition coefficient (Wildman–Crippen LogP) is 1.94. The molecule has 7 heteroatoms. The zero-order valence-electron chi connectivity index (χ0n) is 13.4. The van der Waals surface area contributed by atoms with Crippen molar-refractivity contribution in [3.63, 3.8) is 0 Å². The second-order valence-electron chi connectivity index (χ2n) is 5.37. The topological polar surface area (TPSA) is 99.5 Å². The van der Waals surface area contributed by atoms with Gasteiger partial charge in [-0.15, -0.1) is 0 Å². The number of aryl methyl sites for hydroxylation is 1. The molecule has 1 heterocycles. The number of H-pyrrole nitrogens is 1. The third-order valence-electron chi connectivity index (χ3n) is 3.62. The van der Waals surface area contributed by atoms with E-state index in [0.717, 1.165) is 0 Å². The number of carbonyl (C=O) groups is 1. The van der Waals surface area contributed by atoms with Gasteiger partial charge in [0.15, 0.2) is 0 Å². The maximum Gasteiger partial charge on any atom is 0.280 e. The Labute approximate surface area is 143 Å². The Hall–Kier alpha value is -3.61. The van der Waals surface area contributed by atoms with Crippen LogP contribution < -0.4 is 11.0 Å². The first kappa shape index (κ1) is 16.3. The number of phenols is 1. The van der Waals surface area contributed by atoms with Crippen molar-refractivity contribution in [2.24, 2.45) is 5.10 Å². The van der Waals surface area contributed by atoms with Gasteiger partial charge < -0.3 is 5.11 Å². The molecular weight excluding hydrogens is 320 g/mol. The highest BCUT2D eigenvalue weighted by molar-refractivity contribution is 5.95. The smallest absolute Gasteiger partial charge is 0.280 e. The molecule has 3 rings (SSSR count). The van der Waals surface area contributed by atoms with E-state index in [2.05, 4.69) is 15.6 Å². The van der Waals surface area contributed by atoms with E-state index in [9.17, 15) is 14.7 Å². The molecule has 25 heavy (non-hydrogen) atoms.